The highest BCUT2D eigenvalue weighted by Crippen LogP contribution is 2.28. The molecule has 0 spiro atoms. The van der Waals surface area contributed by atoms with Gasteiger partial charge in [0.25, 0.3) is 10.2 Å². The van der Waals surface area contributed by atoms with E-state index >= 15 is 0 Å². The Labute approximate surface area is 104 Å². The summed E-state index contributed by atoms with van der Waals surface area (Å²) < 4.78 is 62.7. The van der Waals surface area contributed by atoms with Crippen LogP contribution in [0.3, 0.4) is 0 Å². The standard InChI is InChI=1S/C9H16F3N3O2S/c10-9(11,12)6-14-18(16,17)15-3-1-2-7-4-13-5-8(7)15/h7-8,13-14H,1-6H2. The van der Waals surface area contributed by atoms with Gasteiger partial charge in [-0.05, 0) is 25.3 Å². The second kappa shape index (κ2) is 4.95. The SMILES string of the molecule is O=S(=O)(NCC(F)(F)F)N1CCCC2CNCC21. The van der Waals surface area contributed by atoms with Crippen molar-refractivity contribution in [2.24, 2.45) is 5.92 Å². The predicted molar refractivity (Wildman–Crippen MR) is 59.1 cm³/mol. The molecule has 2 rings (SSSR count). The third kappa shape index (κ3) is 3.14. The first-order valence-electron chi connectivity index (χ1n) is 5.83. The Balaban J connectivity index is 2.04. The molecule has 9 heteroatoms. The maximum Gasteiger partial charge on any atom is 0.402 e. The quantitative estimate of drug-likeness (QED) is 0.772. The zero-order chi connectivity index (χ0) is 13.4. The Morgan fingerprint density at radius 3 is 2.72 bits per heavy atom. The zero-order valence-electron chi connectivity index (χ0n) is 9.70. The molecule has 0 amide bonds. The summed E-state index contributed by atoms with van der Waals surface area (Å²) in [5.74, 6) is 0.209. The second-order valence-corrected chi connectivity index (χ2v) is 6.39. The maximum absolute atomic E-state index is 12.1. The largest absolute Gasteiger partial charge is 0.402 e. The Morgan fingerprint density at radius 2 is 2.06 bits per heavy atom. The van der Waals surface area contributed by atoms with Crippen molar-refractivity contribution >= 4 is 10.2 Å². The Hall–Kier alpha value is -0.380. The monoisotopic (exact) mass is 287 g/mol. The van der Waals surface area contributed by atoms with Crippen molar-refractivity contribution in [3.63, 3.8) is 0 Å². The minimum absolute atomic E-state index is 0.209. The molecule has 5 nitrogen and oxygen atoms in total. The van der Waals surface area contributed by atoms with Gasteiger partial charge in [0, 0.05) is 19.1 Å². The lowest BCUT2D eigenvalue weighted by molar-refractivity contribution is -0.121. The third-order valence-electron chi connectivity index (χ3n) is 3.39. The summed E-state index contributed by atoms with van der Waals surface area (Å²) in [6, 6.07) is -0.218. The molecule has 2 fully saturated rings. The lowest BCUT2D eigenvalue weighted by atomic mass is 9.94. The van der Waals surface area contributed by atoms with Gasteiger partial charge >= 0.3 is 6.18 Å². The van der Waals surface area contributed by atoms with Gasteiger partial charge in [-0.1, -0.05) is 0 Å². The third-order valence-corrected chi connectivity index (χ3v) is 4.97. The van der Waals surface area contributed by atoms with Crippen LogP contribution in [0.25, 0.3) is 0 Å². The molecule has 0 bridgehead atoms. The summed E-state index contributed by atoms with van der Waals surface area (Å²) in [6.07, 6.45) is -2.92. The van der Waals surface area contributed by atoms with Gasteiger partial charge in [-0.3, -0.25) is 0 Å². The smallest absolute Gasteiger partial charge is 0.315 e. The number of hydrogen-bond acceptors (Lipinski definition) is 3. The van der Waals surface area contributed by atoms with Gasteiger partial charge in [-0.2, -0.15) is 30.6 Å². The topological polar surface area (TPSA) is 61.4 Å². The molecule has 2 aliphatic heterocycles. The minimum Gasteiger partial charge on any atom is -0.315 e. The fourth-order valence-electron chi connectivity index (χ4n) is 2.58. The molecule has 2 unspecified atom stereocenters. The summed E-state index contributed by atoms with van der Waals surface area (Å²) in [7, 11) is -4.05. The van der Waals surface area contributed by atoms with E-state index in [-0.39, 0.29) is 18.5 Å². The lowest BCUT2D eigenvalue weighted by Gasteiger charge is -2.35. The van der Waals surface area contributed by atoms with Crippen LogP contribution in [-0.4, -0.2) is 51.1 Å². The molecule has 2 atom stereocenters. The number of nitrogens with zero attached hydrogens (tertiary/aromatic N) is 1. The zero-order valence-corrected chi connectivity index (χ0v) is 10.5. The van der Waals surface area contributed by atoms with E-state index in [0.717, 1.165) is 13.0 Å². The van der Waals surface area contributed by atoms with Crippen molar-refractivity contribution in [1.29, 1.82) is 0 Å². The van der Waals surface area contributed by atoms with Crippen LogP contribution in [0.2, 0.25) is 0 Å². The molecule has 0 aromatic rings. The fourth-order valence-corrected chi connectivity index (χ4v) is 4.06. The molecule has 0 aromatic carbocycles. The van der Waals surface area contributed by atoms with E-state index in [4.69, 9.17) is 0 Å². The molecule has 18 heavy (non-hydrogen) atoms. The number of nitrogens with one attached hydrogen (secondary N) is 2. The Bertz CT molecular complexity index is 398. The van der Waals surface area contributed by atoms with Crippen molar-refractivity contribution in [1.82, 2.24) is 14.3 Å². The van der Waals surface area contributed by atoms with E-state index in [1.807, 2.05) is 0 Å². The van der Waals surface area contributed by atoms with Crippen LogP contribution in [0.15, 0.2) is 0 Å². The average molecular weight is 287 g/mol. The van der Waals surface area contributed by atoms with Crippen LogP contribution in [0.4, 0.5) is 13.2 Å². The van der Waals surface area contributed by atoms with Crippen LogP contribution in [0.5, 0.6) is 0 Å². The number of fused-ring (bicyclic) bond motifs is 1. The highest BCUT2D eigenvalue weighted by Gasteiger charge is 2.41. The van der Waals surface area contributed by atoms with Gasteiger partial charge in [0.15, 0.2) is 0 Å². The van der Waals surface area contributed by atoms with Crippen molar-refractivity contribution in [2.45, 2.75) is 25.1 Å². The normalized spacial score (nSPS) is 30.4. The van der Waals surface area contributed by atoms with E-state index in [1.54, 1.807) is 4.72 Å². The van der Waals surface area contributed by atoms with E-state index in [2.05, 4.69) is 5.32 Å². The molecule has 0 aromatic heterocycles. The fraction of sp³-hybridized carbons (Fsp3) is 1.00. The van der Waals surface area contributed by atoms with Crippen LogP contribution < -0.4 is 10.0 Å². The van der Waals surface area contributed by atoms with Crippen molar-refractivity contribution in [2.75, 3.05) is 26.2 Å². The molecule has 0 aliphatic carbocycles. The summed E-state index contributed by atoms with van der Waals surface area (Å²) in [5.41, 5.74) is 0. The van der Waals surface area contributed by atoms with Crippen molar-refractivity contribution < 1.29 is 21.6 Å². The lowest BCUT2D eigenvalue weighted by Crippen LogP contribution is -2.53. The highest BCUT2D eigenvalue weighted by molar-refractivity contribution is 7.87. The summed E-state index contributed by atoms with van der Waals surface area (Å²) in [6.45, 7) is 0.0141. The van der Waals surface area contributed by atoms with Crippen LogP contribution in [0, 0.1) is 5.92 Å². The van der Waals surface area contributed by atoms with Crippen LogP contribution in [0.1, 0.15) is 12.8 Å². The highest BCUT2D eigenvalue weighted by atomic mass is 32.2. The summed E-state index contributed by atoms with van der Waals surface area (Å²) >= 11 is 0. The van der Waals surface area contributed by atoms with E-state index in [9.17, 15) is 21.6 Å². The molecule has 0 radical (unpaired) electrons. The number of halogens is 3. The Kier molecular flexibility index (Phi) is 3.86. The molecular weight excluding hydrogens is 271 g/mol. The van der Waals surface area contributed by atoms with E-state index < -0.39 is 22.9 Å². The first-order valence-corrected chi connectivity index (χ1v) is 7.27. The van der Waals surface area contributed by atoms with Gasteiger partial charge in [-0.15, -0.1) is 0 Å². The number of hydrogen-bond donors (Lipinski definition) is 2. The minimum atomic E-state index is -4.53. The molecule has 0 saturated carbocycles. The first-order chi connectivity index (χ1) is 8.30. The van der Waals surface area contributed by atoms with E-state index in [0.29, 0.717) is 13.0 Å². The van der Waals surface area contributed by atoms with E-state index in [1.165, 1.54) is 4.31 Å². The van der Waals surface area contributed by atoms with Gasteiger partial charge in [0.2, 0.25) is 0 Å². The van der Waals surface area contributed by atoms with Gasteiger partial charge < -0.3 is 5.32 Å². The number of rotatable bonds is 3. The summed E-state index contributed by atoms with van der Waals surface area (Å²) in [4.78, 5) is 0. The average Bonchev–Trinajstić information content (AvgIpc) is 2.73. The molecule has 2 saturated heterocycles. The number of piperidine rings is 1. The van der Waals surface area contributed by atoms with Gasteiger partial charge in [-0.25, -0.2) is 0 Å². The molecular formula is C9H16F3N3O2S. The van der Waals surface area contributed by atoms with Crippen molar-refractivity contribution in [3.8, 4) is 0 Å². The van der Waals surface area contributed by atoms with Gasteiger partial charge in [0.1, 0.15) is 6.54 Å². The molecule has 2 heterocycles. The Morgan fingerprint density at radius 1 is 1.33 bits per heavy atom. The first kappa shape index (κ1) is 14.0. The maximum atomic E-state index is 12.1. The molecule has 106 valence electrons. The van der Waals surface area contributed by atoms with Crippen molar-refractivity contribution in [3.05, 3.63) is 0 Å². The molecule has 2 N–H and O–H groups in total. The predicted octanol–water partition coefficient (Wildman–Crippen LogP) is 0.0669. The van der Waals surface area contributed by atoms with Crippen LogP contribution >= 0.6 is 0 Å². The summed E-state index contributed by atoms with van der Waals surface area (Å²) in [5, 5.41) is 3.08. The second-order valence-electron chi connectivity index (χ2n) is 4.68. The van der Waals surface area contributed by atoms with Crippen LogP contribution in [-0.2, 0) is 10.2 Å². The van der Waals surface area contributed by atoms with Gasteiger partial charge in [0.05, 0.1) is 0 Å². The molecule has 2 aliphatic rings. The number of alkyl halides is 3.